The number of alkyl halides is 3. The molecule has 2 unspecified atom stereocenters. The Hall–Kier alpha value is -1.11. The van der Waals surface area contributed by atoms with Crippen molar-refractivity contribution in [2.75, 3.05) is 13.2 Å². The highest BCUT2D eigenvalue weighted by Gasteiger charge is 2.32. The molecule has 0 aromatic heterocycles. The van der Waals surface area contributed by atoms with E-state index in [2.05, 4.69) is 10.1 Å². The number of Topliss-reactive ketones (excluding diaryl/α,β-unsaturated/α-hetero) is 1. The summed E-state index contributed by atoms with van der Waals surface area (Å²) >= 11 is 0. The molecule has 17 heavy (non-hydrogen) atoms. The Morgan fingerprint density at radius 2 is 2.24 bits per heavy atom. The number of hydrogen-bond donors (Lipinski definition) is 1. The van der Waals surface area contributed by atoms with Crippen LogP contribution in [0.25, 0.3) is 0 Å². The van der Waals surface area contributed by atoms with Crippen molar-refractivity contribution in [3.05, 3.63) is 0 Å². The van der Waals surface area contributed by atoms with Crippen molar-refractivity contribution in [2.24, 2.45) is 11.8 Å². The predicted molar refractivity (Wildman–Crippen MR) is 51.9 cm³/mol. The van der Waals surface area contributed by atoms with Crippen molar-refractivity contribution >= 4 is 11.7 Å². The molecule has 98 valence electrons. The fourth-order valence-corrected chi connectivity index (χ4v) is 1.72. The monoisotopic (exact) mass is 253 g/mol. The van der Waals surface area contributed by atoms with Crippen LogP contribution in [0, 0.1) is 11.8 Å². The second-order valence-electron chi connectivity index (χ2n) is 4.11. The van der Waals surface area contributed by atoms with Gasteiger partial charge in [0.1, 0.15) is 6.61 Å². The molecule has 1 aliphatic rings. The molecule has 1 rings (SSSR count). The van der Waals surface area contributed by atoms with Crippen LogP contribution < -0.4 is 5.32 Å². The first kappa shape index (κ1) is 14.0. The summed E-state index contributed by atoms with van der Waals surface area (Å²) in [5.41, 5.74) is 0. The van der Waals surface area contributed by atoms with Crippen molar-refractivity contribution in [3.63, 3.8) is 0 Å². The molecule has 0 spiro atoms. The number of rotatable bonds is 5. The molecule has 1 N–H and O–H groups in total. The third-order valence-electron chi connectivity index (χ3n) is 2.73. The SMILES string of the molecule is CC(CC1CCNC1=O)C(=O)COC(F)(F)F. The molecule has 4 nitrogen and oxygen atoms in total. The van der Waals surface area contributed by atoms with Gasteiger partial charge in [0.25, 0.3) is 0 Å². The molecule has 1 amide bonds. The van der Waals surface area contributed by atoms with Gasteiger partial charge in [-0.15, -0.1) is 13.2 Å². The molecule has 1 heterocycles. The minimum Gasteiger partial charge on any atom is -0.356 e. The average Bonchev–Trinajstić information content (AvgIpc) is 2.59. The quantitative estimate of drug-likeness (QED) is 0.802. The zero-order chi connectivity index (χ0) is 13.1. The molecule has 1 saturated heterocycles. The molecule has 1 aliphatic heterocycles. The van der Waals surface area contributed by atoms with Gasteiger partial charge in [0, 0.05) is 18.4 Å². The van der Waals surface area contributed by atoms with Gasteiger partial charge in [0.05, 0.1) is 0 Å². The van der Waals surface area contributed by atoms with Gasteiger partial charge in [0.2, 0.25) is 5.91 Å². The van der Waals surface area contributed by atoms with Gasteiger partial charge >= 0.3 is 6.36 Å². The lowest BCUT2D eigenvalue weighted by Crippen LogP contribution is -2.27. The number of amides is 1. The third-order valence-corrected chi connectivity index (χ3v) is 2.73. The second kappa shape index (κ2) is 5.48. The summed E-state index contributed by atoms with van der Waals surface area (Å²) < 4.78 is 38.6. The zero-order valence-electron chi connectivity index (χ0n) is 9.34. The number of carbonyl (C=O) groups excluding carboxylic acids is 2. The second-order valence-corrected chi connectivity index (χ2v) is 4.11. The van der Waals surface area contributed by atoms with E-state index in [4.69, 9.17) is 0 Å². The van der Waals surface area contributed by atoms with E-state index in [0.29, 0.717) is 13.0 Å². The normalized spacial score (nSPS) is 22.4. The van der Waals surface area contributed by atoms with Crippen molar-refractivity contribution in [3.8, 4) is 0 Å². The van der Waals surface area contributed by atoms with Gasteiger partial charge in [-0.1, -0.05) is 6.92 Å². The number of ketones is 1. The number of nitrogens with one attached hydrogen (secondary N) is 1. The van der Waals surface area contributed by atoms with Gasteiger partial charge in [-0.3, -0.25) is 14.3 Å². The minimum absolute atomic E-state index is 0.138. The summed E-state index contributed by atoms with van der Waals surface area (Å²) in [6, 6.07) is 0. The summed E-state index contributed by atoms with van der Waals surface area (Å²) in [7, 11) is 0. The van der Waals surface area contributed by atoms with Crippen LogP contribution in [0.5, 0.6) is 0 Å². The van der Waals surface area contributed by atoms with Crippen LogP contribution in [-0.2, 0) is 14.3 Å². The van der Waals surface area contributed by atoms with Crippen LogP contribution in [0.3, 0.4) is 0 Å². The maximum Gasteiger partial charge on any atom is 0.522 e. The Kier molecular flexibility index (Phi) is 4.50. The molecule has 1 fully saturated rings. The van der Waals surface area contributed by atoms with E-state index >= 15 is 0 Å². The Morgan fingerprint density at radius 3 is 2.71 bits per heavy atom. The van der Waals surface area contributed by atoms with E-state index in [1.165, 1.54) is 6.92 Å². The van der Waals surface area contributed by atoms with Crippen LogP contribution in [0.1, 0.15) is 19.8 Å². The van der Waals surface area contributed by atoms with Crippen LogP contribution in [0.4, 0.5) is 13.2 Å². The first-order valence-corrected chi connectivity index (χ1v) is 5.30. The summed E-state index contributed by atoms with van der Waals surface area (Å²) in [5, 5.41) is 2.61. The number of hydrogen-bond acceptors (Lipinski definition) is 3. The maximum absolute atomic E-state index is 11.7. The molecular weight excluding hydrogens is 239 g/mol. The Labute approximate surface area is 96.5 Å². The largest absolute Gasteiger partial charge is 0.522 e. The smallest absolute Gasteiger partial charge is 0.356 e. The van der Waals surface area contributed by atoms with E-state index in [0.717, 1.165) is 0 Å². The lowest BCUT2D eigenvalue weighted by molar-refractivity contribution is -0.321. The standard InChI is InChI=1S/C10H14F3NO3/c1-6(4-7-2-3-14-9(7)16)8(15)5-17-10(11,12)13/h6-7H,2-5H2,1H3,(H,14,16). The highest BCUT2D eigenvalue weighted by Crippen LogP contribution is 2.21. The van der Waals surface area contributed by atoms with Crippen LogP contribution in [-0.4, -0.2) is 31.2 Å². The zero-order valence-corrected chi connectivity index (χ0v) is 9.34. The molecule has 0 saturated carbocycles. The average molecular weight is 253 g/mol. The molecule has 7 heteroatoms. The van der Waals surface area contributed by atoms with Gasteiger partial charge in [0.15, 0.2) is 5.78 Å². The van der Waals surface area contributed by atoms with E-state index < -0.39 is 24.7 Å². The minimum atomic E-state index is -4.79. The Balaban J connectivity index is 2.34. The van der Waals surface area contributed by atoms with Gasteiger partial charge in [-0.25, -0.2) is 0 Å². The molecule has 0 radical (unpaired) electrons. The van der Waals surface area contributed by atoms with Crippen molar-refractivity contribution in [1.82, 2.24) is 5.32 Å². The molecule has 0 aromatic carbocycles. The highest BCUT2D eigenvalue weighted by atomic mass is 19.4. The van der Waals surface area contributed by atoms with Gasteiger partial charge in [-0.05, 0) is 12.8 Å². The van der Waals surface area contributed by atoms with Crippen LogP contribution in [0.2, 0.25) is 0 Å². The van der Waals surface area contributed by atoms with Crippen molar-refractivity contribution in [2.45, 2.75) is 26.1 Å². The fourth-order valence-electron chi connectivity index (χ4n) is 1.72. The molecule has 2 atom stereocenters. The third kappa shape index (κ3) is 4.72. The topological polar surface area (TPSA) is 55.4 Å². The lowest BCUT2D eigenvalue weighted by Gasteiger charge is -2.14. The first-order chi connectivity index (χ1) is 7.79. The van der Waals surface area contributed by atoms with E-state index in [-0.39, 0.29) is 18.2 Å². The highest BCUT2D eigenvalue weighted by molar-refractivity contribution is 5.84. The summed E-state index contributed by atoms with van der Waals surface area (Å²) in [4.78, 5) is 22.5. The Morgan fingerprint density at radius 1 is 1.59 bits per heavy atom. The van der Waals surface area contributed by atoms with E-state index in [9.17, 15) is 22.8 Å². The number of halogens is 3. The van der Waals surface area contributed by atoms with Crippen molar-refractivity contribution in [1.29, 1.82) is 0 Å². The molecule has 0 bridgehead atoms. The summed E-state index contributed by atoms with van der Waals surface area (Å²) in [6.45, 7) is 1.08. The molecule has 0 aromatic rings. The fraction of sp³-hybridized carbons (Fsp3) is 0.800. The van der Waals surface area contributed by atoms with Crippen LogP contribution >= 0.6 is 0 Å². The molecular formula is C10H14F3NO3. The number of ether oxygens (including phenoxy) is 1. The first-order valence-electron chi connectivity index (χ1n) is 5.30. The van der Waals surface area contributed by atoms with Gasteiger partial charge in [-0.2, -0.15) is 0 Å². The van der Waals surface area contributed by atoms with Gasteiger partial charge < -0.3 is 5.32 Å². The Bertz CT molecular complexity index is 304. The summed E-state index contributed by atoms with van der Waals surface area (Å²) in [5.74, 6) is -1.66. The maximum atomic E-state index is 11.7. The summed E-state index contributed by atoms with van der Waals surface area (Å²) in [6.07, 6.45) is -3.90. The van der Waals surface area contributed by atoms with Crippen LogP contribution in [0.15, 0.2) is 0 Å². The molecule has 0 aliphatic carbocycles. The lowest BCUT2D eigenvalue weighted by atomic mass is 9.92. The van der Waals surface area contributed by atoms with Crippen molar-refractivity contribution < 1.29 is 27.5 Å². The van der Waals surface area contributed by atoms with E-state index in [1.807, 2.05) is 0 Å². The predicted octanol–water partition coefficient (Wildman–Crippen LogP) is 1.25. The van der Waals surface area contributed by atoms with E-state index in [1.54, 1.807) is 0 Å². The number of carbonyl (C=O) groups is 2.